The van der Waals surface area contributed by atoms with Gasteiger partial charge in [-0.2, -0.15) is 0 Å². The zero-order valence-electron chi connectivity index (χ0n) is 15.7. The van der Waals surface area contributed by atoms with Crippen LogP contribution in [0.4, 0.5) is 0 Å². The van der Waals surface area contributed by atoms with Gasteiger partial charge in [0.05, 0.1) is 17.0 Å². The topological polar surface area (TPSA) is 60.4 Å². The summed E-state index contributed by atoms with van der Waals surface area (Å²) in [5.41, 5.74) is 6.71. The molecule has 138 valence electrons. The summed E-state index contributed by atoms with van der Waals surface area (Å²) in [6, 6.07) is 7.22. The number of halogens is 1. The van der Waals surface area contributed by atoms with E-state index in [9.17, 15) is 4.79 Å². The lowest BCUT2D eigenvalue weighted by atomic mass is 9.95. The fourth-order valence-corrected chi connectivity index (χ4v) is 3.80. The molecule has 3 aromatic rings. The summed E-state index contributed by atoms with van der Waals surface area (Å²) in [4.78, 5) is 16.9. The number of hydrogen-bond acceptors (Lipinski definition) is 4. The highest BCUT2D eigenvalue weighted by atomic mass is 35.5. The van der Waals surface area contributed by atoms with Gasteiger partial charge in [0.15, 0.2) is 5.76 Å². The van der Waals surface area contributed by atoms with E-state index in [0.29, 0.717) is 10.8 Å². The number of carbonyl (C=O) groups is 1. The molecule has 0 unspecified atom stereocenters. The van der Waals surface area contributed by atoms with Gasteiger partial charge < -0.3 is 9.09 Å². The summed E-state index contributed by atoms with van der Waals surface area (Å²) < 4.78 is 7.73. The van der Waals surface area contributed by atoms with Crippen molar-refractivity contribution in [1.82, 2.24) is 9.72 Å². The van der Waals surface area contributed by atoms with E-state index in [1.807, 2.05) is 38.2 Å². The molecule has 5 nitrogen and oxygen atoms in total. The molecule has 0 saturated carbocycles. The van der Waals surface area contributed by atoms with Crippen molar-refractivity contribution in [2.24, 2.45) is 12.0 Å². The smallest absolute Gasteiger partial charge is 0.169 e. The van der Waals surface area contributed by atoms with Crippen molar-refractivity contribution in [2.45, 2.75) is 33.2 Å². The van der Waals surface area contributed by atoms with Crippen LogP contribution in [0.2, 0.25) is 5.02 Å². The van der Waals surface area contributed by atoms with E-state index >= 15 is 0 Å². The summed E-state index contributed by atoms with van der Waals surface area (Å²) in [6.07, 6.45) is 2.35. The van der Waals surface area contributed by atoms with Gasteiger partial charge in [0.25, 0.3) is 0 Å². The molecule has 0 N–H and O–H groups in total. The van der Waals surface area contributed by atoms with Gasteiger partial charge in [0.1, 0.15) is 11.8 Å². The Bertz CT molecular complexity index is 1070. The monoisotopic (exact) mass is 381 g/mol. The highest BCUT2D eigenvalue weighted by Crippen LogP contribution is 2.42. The summed E-state index contributed by atoms with van der Waals surface area (Å²) in [7, 11) is 2.01. The third-order valence-corrected chi connectivity index (χ3v) is 5.32. The Kier molecular flexibility index (Phi) is 4.27. The molecule has 1 aliphatic heterocycles. The average Bonchev–Trinajstić information content (AvgIpc) is 3.08. The molecule has 3 heterocycles. The van der Waals surface area contributed by atoms with Gasteiger partial charge in [0, 0.05) is 47.1 Å². The van der Waals surface area contributed by atoms with Gasteiger partial charge in [-0.05, 0) is 32.9 Å². The van der Waals surface area contributed by atoms with E-state index in [4.69, 9.17) is 21.1 Å². The van der Waals surface area contributed by atoms with E-state index in [1.165, 1.54) is 0 Å². The van der Waals surface area contributed by atoms with Crippen LogP contribution in [0.5, 0.6) is 0 Å². The molecule has 0 amide bonds. The number of Topliss-reactive ketones (excluding diaryl/α,β-unsaturated/α-hetero) is 1. The lowest BCUT2D eigenvalue weighted by molar-refractivity contribution is -0.117. The summed E-state index contributed by atoms with van der Waals surface area (Å²) in [5, 5.41) is 4.83. The maximum Gasteiger partial charge on any atom is 0.169 e. The van der Waals surface area contributed by atoms with Crippen LogP contribution in [0.3, 0.4) is 0 Å². The molecule has 0 saturated heterocycles. The number of aliphatic imine (C=N–C) groups is 1. The van der Waals surface area contributed by atoms with Crippen molar-refractivity contribution in [1.29, 1.82) is 0 Å². The first-order chi connectivity index (χ1) is 12.9. The Hall–Kier alpha value is -2.66. The SMILES string of the molecule is CC(=O)C[C@@H]1N=C(c2ccc(Cl)cc2)c2c(cn(C)c2C)-c2c(C)noc21. The quantitative estimate of drug-likeness (QED) is 0.653. The van der Waals surface area contributed by atoms with Gasteiger partial charge in [-0.15, -0.1) is 0 Å². The predicted molar refractivity (Wildman–Crippen MR) is 106 cm³/mol. The second-order valence-electron chi connectivity index (χ2n) is 7.03. The number of aryl methyl sites for hydroxylation is 2. The van der Waals surface area contributed by atoms with E-state index in [1.54, 1.807) is 6.92 Å². The molecular formula is C21H20ClN3O2. The van der Waals surface area contributed by atoms with Crippen LogP contribution < -0.4 is 0 Å². The number of hydrogen-bond donors (Lipinski definition) is 0. The molecule has 4 rings (SSSR count). The zero-order chi connectivity index (χ0) is 19.3. The van der Waals surface area contributed by atoms with Gasteiger partial charge >= 0.3 is 0 Å². The van der Waals surface area contributed by atoms with Crippen molar-refractivity contribution >= 4 is 23.1 Å². The zero-order valence-corrected chi connectivity index (χ0v) is 16.5. The van der Waals surface area contributed by atoms with E-state index < -0.39 is 6.04 Å². The molecule has 1 atom stereocenters. The Balaban J connectivity index is 2.04. The average molecular weight is 382 g/mol. The molecule has 27 heavy (non-hydrogen) atoms. The van der Waals surface area contributed by atoms with Crippen LogP contribution in [0.15, 0.2) is 40.0 Å². The van der Waals surface area contributed by atoms with Gasteiger partial charge in [0.2, 0.25) is 0 Å². The first-order valence-electron chi connectivity index (χ1n) is 8.82. The highest BCUT2D eigenvalue weighted by Gasteiger charge is 2.33. The normalized spacial score (nSPS) is 15.7. The Morgan fingerprint density at radius 3 is 2.59 bits per heavy atom. The molecule has 0 fully saturated rings. The van der Waals surface area contributed by atoms with Crippen molar-refractivity contribution < 1.29 is 9.32 Å². The van der Waals surface area contributed by atoms with Crippen LogP contribution in [0, 0.1) is 13.8 Å². The number of ketones is 1. The maximum absolute atomic E-state index is 11.9. The van der Waals surface area contributed by atoms with Crippen LogP contribution >= 0.6 is 11.6 Å². The summed E-state index contributed by atoms with van der Waals surface area (Å²) in [5.74, 6) is 0.710. The Morgan fingerprint density at radius 1 is 1.22 bits per heavy atom. The molecule has 1 aromatic carbocycles. The third-order valence-electron chi connectivity index (χ3n) is 5.06. The number of aromatic nitrogens is 2. The lowest BCUT2D eigenvalue weighted by Gasteiger charge is -2.12. The Labute approximate surface area is 162 Å². The standard InChI is InChI=1S/C21H20ClN3O2/c1-11(26)9-17-21-18(12(2)24-27-21)16-10-25(4)13(3)19(16)20(23-17)14-5-7-15(22)8-6-14/h5-8,10,17H,9H2,1-4H3/t17-/m0/s1. The lowest BCUT2D eigenvalue weighted by Crippen LogP contribution is -2.09. The number of carbonyl (C=O) groups excluding carboxylic acids is 1. The second kappa shape index (κ2) is 6.50. The van der Waals surface area contributed by atoms with Crippen molar-refractivity contribution in [3.63, 3.8) is 0 Å². The second-order valence-corrected chi connectivity index (χ2v) is 7.46. The number of nitrogens with zero attached hydrogens (tertiary/aromatic N) is 3. The largest absolute Gasteiger partial charge is 0.358 e. The highest BCUT2D eigenvalue weighted by molar-refractivity contribution is 6.30. The molecule has 0 spiro atoms. The number of rotatable bonds is 3. The minimum Gasteiger partial charge on any atom is -0.358 e. The molecule has 2 aromatic heterocycles. The number of benzene rings is 1. The first kappa shape index (κ1) is 17.7. The predicted octanol–water partition coefficient (Wildman–Crippen LogP) is 4.82. The fourth-order valence-electron chi connectivity index (χ4n) is 3.67. The molecule has 1 aliphatic rings. The van der Waals surface area contributed by atoms with E-state index in [-0.39, 0.29) is 12.2 Å². The van der Waals surface area contributed by atoms with Crippen LogP contribution in [-0.2, 0) is 11.8 Å². The van der Waals surface area contributed by atoms with Crippen molar-refractivity contribution in [2.75, 3.05) is 0 Å². The molecule has 6 heteroatoms. The van der Waals surface area contributed by atoms with E-state index in [2.05, 4.69) is 22.8 Å². The van der Waals surface area contributed by atoms with Crippen LogP contribution in [-0.4, -0.2) is 21.2 Å². The van der Waals surface area contributed by atoms with Crippen LogP contribution in [0.1, 0.15) is 47.7 Å². The van der Waals surface area contributed by atoms with Gasteiger partial charge in [-0.1, -0.05) is 28.9 Å². The molecule has 0 aliphatic carbocycles. The minimum atomic E-state index is -0.401. The molecule has 0 bridgehead atoms. The van der Waals surface area contributed by atoms with Crippen LogP contribution in [0.25, 0.3) is 11.1 Å². The van der Waals surface area contributed by atoms with Gasteiger partial charge in [-0.3, -0.25) is 9.79 Å². The Morgan fingerprint density at radius 2 is 1.93 bits per heavy atom. The molecular weight excluding hydrogens is 362 g/mol. The summed E-state index contributed by atoms with van der Waals surface area (Å²) in [6.45, 7) is 5.56. The first-order valence-corrected chi connectivity index (χ1v) is 9.20. The third kappa shape index (κ3) is 2.92. The maximum atomic E-state index is 11.9. The fraction of sp³-hybridized carbons (Fsp3) is 0.286. The minimum absolute atomic E-state index is 0.0584. The molecule has 0 radical (unpaired) electrons. The van der Waals surface area contributed by atoms with Crippen molar-refractivity contribution in [3.8, 4) is 11.1 Å². The van der Waals surface area contributed by atoms with Crippen molar-refractivity contribution in [3.05, 3.63) is 63.8 Å². The summed E-state index contributed by atoms with van der Waals surface area (Å²) >= 11 is 6.08. The number of fused-ring (bicyclic) bond motifs is 3. The van der Waals surface area contributed by atoms with Gasteiger partial charge in [-0.25, -0.2) is 0 Å². The van der Waals surface area contributed by atoms with E-state index in [0.717, 1.165) is 39.4 Å².